The quantitative estimate of drug-likeness (QED) is 0.249. The zero-order valence-corrected chi connectivity index (χ0v) is 21.5. The van der Waals surface area contributed by atoms with Crippen LogP contribution in [0.5, 0.6) is 5.75 Å². The van der Waals surface area contributed by atoms with Gasteiger partial charge in [-0.3, -0.25) is 0 Å². The zero-order chi connectivity index (χ0) is 26.5. The van der Waals surface area contributed by atoms with E-state index in [4.69, 9.17) is 14.2 Å². The van der Waals surface area contributed by atoms with Crippen LogP contribution in [0.25, 0.3) is 0 Å². The highest BCUT2D eigenvalue weighted by atomic mass is 19.1. The number of fused-ring (bicyclic) bond motifs is 1. The van der Waals surface area contributed by atoms with Crippen LogP contribution in [-0.4, -0.2) is 11.7 Å². The Morgan fingerprint density at radius 3 is 2.24 bits per heavy atom. The first-order chi connectivity index (χ1) is 18.4. The molecule has 1 N–H and O–H groups in total. The number of halogens is 2. The van der Waals surface area contributed by atoms with Gasteiger partial charge in [-0.2, -0.15) is 0 Å². The summed E-state index contributed by atoms with van der Waals surface area (Å²) >= 11 is 0. The number of hydrogen-bond acceptors (Lipinski definition) is 4. The summed E-state index contributed by atoms with van der Waals surface area (Å²) in [4.78, 5) is 0. The standard InChI is InChI=1S/C32H31F2NO3/c1-32(2)31(37-21-24-9-6-10-26(34)17-24)30(36-20-23-7-4-3-5-8-23)28-18-27(15-16-29(28)38-32)35-19-22-11-13-25(33)14-12-22/h3-18,30-31,35H,19-21H2,1-2H3. The van der Waals surface area contributed by atoms with Crippen LogP contribution in [0.4, 0.5) is 14.5 Å². The van der Waals surface area contributed by atoms with Crippen molar-refractivity contribution >= 4 is 5.69 Å². The fraction of sp³-hybridized carbons (Fsp3) is 0.250. The first-order valence-corrected chi connectivity index (χ1v) is 12.7. The van der Waals surface area contributed by atoms with Crippen LogP contribution in [0.2, 0.25) is 0 Å². The fourth-order valence-electron chi connectivity index (χ4n) is 4.69. The third-order valence-electron chi connectivity index (χ3n) is 6.65. The summed E-state index contributed by atoms with van der Waals surface area (Å²) in [6, 6.07) is 28.7. The average Bonchev–Trinajstić information content (AvgIpc) is 2.91. The predicted octanol–water partition coefficient (Wildman–Crippen LogP) is 7.59. The van der Waals surface area contributed by atoms with Crippen LogP contribution in [0, 0.1) is 11.6 Å². The summed E-state index contributed by atoms with van der Waals surface area (Å²) in [7, 11) is 0. The Morgan fingerprint density at radius 1 is 0.737 bits per heavy atom. The molecule has 6 heteroatoms. The fourth-order valence-corrected chi connectivity index (χ4v) is 4.69. The monoisotopic (exact) mass is 515 g/mol. The van der Waals surface area contributed by atoms with Crippen molar-refractivity contribution in [1.82, 2.24) is 0 Å². The van der Waals surface area contributed by atoms with Gasteiger partial charge in [-0.05, 0) is 73.0 Å². The van der Waals surface area contributed by atoms with Gasteiger partial charge in [0.15, 0.2) is 0 Å². The second kappa shape index (κ2) is 11.3. The first-order valence-electron chi connectivity index (χ1n) is 12.7. The van der Waals surface area contributed by atoms with Crippen LogP contribution in [-0.2, 0) is 29.2 Å². The van der Waals surface area contributed by atoms with Crippen LogP contribution >= 0.6 is 0 Å². The van der Waals surface area contributed by atoms with Crippen LogP contribution in [0.3, 0.4) is 0 Å². The van der Waals surface area contributed by atoms with Gasteiger partial charge >= 0.3 is 0 Å². The molecule has 5 rings (SSSR count). The summed E-state index contributed by atoms with van der Waals surface area (Å²) in [6.07, 6.45) is -0.899. The number of hydrogen-bond donors (Lipinski definition) is 1. The highest BCUT2D eigenvalue weighted by Gasteiger charge is 2.45. The molecule has 4 aromatic carbocycles. The molecule has 0 saturated carbocycles. The molecule has 4 aromatic rings. The van der Waals surface area contributed by atoms with E-state index in [1.807, 2.05) is 68.4 Å². The van der Waals surface area contributed by atoms with Crippen LogP contribution in [0.1, 0.15) is 42.2 Å². The van der Waals surface area contributed by atoms with E-state index in [0.717, 1.165) is 33.7 Å². The number of rotatable bonds is 9. The molecular formula is C32H31F2NO3. The Hall–Kier alpha value is -3.74. The maximum Gasteiger partial charge on any atom is 0.132 e. The molecule has 0 aliphatic carbocycles. The molecule has 1 aliphatic rings. The van der Waals surface area contributed by atoms with E-state index in [0.29, 0.717) is 13.2 Å². The predicted molar refractivity (Wildman–Crippen MR) is 144 cm³/mol. The second-order valence-corrected chi connectivity index (χ2v) is 10.0. The zero-order valence-electron chi connectivity index (χ0n) is 21.5. The van der Waals surface area contributed by atoms with Gasteiger partial charge < -0.3 is 19.5 Å². The van der Waals surface area contributed by atoms with Gasteiger partial charge in [0.1, 0.15) is 35.2 Å². The maximum atomic E-state index is 13.8. The minimum absolute atomic E-state index is 0.220. The highest BCUT2D eigenvalue weighted by molar-refractivity contribution is 5.54. The Morgan fingerprint density at radius 2 is 1.47 bits per heavy atom. The van der Waals surface area contributed by atoms with Gasteiger partial charge in [0, 0.05) is 17.8 Å². The molecule has 0 radical (unpaired) electrons. The van der Waals surface area contributed by atoms with Gasteiger partial charge in [-0.15, -0.1) is 0 Å². The van der Waals surface area contributed by atoms with Crippen molar-refractivity contribution in [1.29, 1.82) is 0 Å². The summed E-state index contributed by atoms with van der Waals surface area (Å²) in [5, 5.41) is 3.41. The summed E-state index contributed by atoms with van der Waals surface area (Å²) < 4.78 is 46.4. The first kappa shape index (κ1) is 25.9. The number of nitrogens with one attached hydrogen (secondary N) is 1. The molecule has 1 heterocycles. The van der Waals surface area contributed by atoms with E-state index in [9.17, 15) is 8.78 Å². The number of benzene rings is 4. The smallest absolute Gasteiger partial charge is 0.132 e. The van der Waals surface area contributed by atoms with Gasteiger partial charge in [0.25, 0.3) is 0 Å². The van der Waals surface area contributed by atoms with Gasteiger partial charge in [0.2, 0.25) is 0 Å². The molecule has 2 unspecified atom stereocenters. The lowest BCUT2D eigenvalue weighted by molar-refractivity contribution is -0.170. The van der Waals surface area contributed by atoms with Crippen LogP contribution in [0.15, 0.2) is 97.1 Å². The molecule has 0 fully saturated rings. The van der Waals surface area contributed by atoms with Crippen molar-refractivity contribution < 1.29 is 23.0 Å². The molecule has 1 aliphatic heterocycles. The van der Waals surface area contributed by atoms with Gasteiger partial charge in [-0.1, -0.05) is 54.6 Å². The molecule has 0 bridgehead atoms. The Labute approximate surface area is 222 Å². The molecule has 2 atom stereocenters. The largest absolute Gasteiger partial charge is 0.485 e. The summed E-state index contributed by atoms with van der Waals surface area (Å²) in [5.41, 5.74) is 3.80. The van der Waals surface area contributed by atoms with Gasteiger partial charge in [0.05, 0.1) is 13.2 Å². The van der Waals surface area contributed by atoms with E-state index in [2.05, 4.69) is 5.32 Å². The van der Waals surface area contributed by atoms with Crippen molar-refractivity contribution in [3.05, 3.63) is 131 Å². The molecule has 0 spiro atoms. The molecule has 0 amide bonds. The minimum atomic E-state index is -0.704. The number of ether oxygens (including phenoxy) is 3. The van der Waals surface area contributed by atoms with Crippen molar-refractivity contribution in [2.45, 2.75) is 51.4 Å². The molecule has 4 nitrogen and oxygen atoms in total. The third-order valence-corrected chi connectivity index (χ3v) is 6.65. The maximum absolute atomic E-state index is 13.8. The Balaban J connectivity index is 1.42. The van der Waals surface area contributed by atoms with Crippen LogP contribution < -0.4 is 10.1 Å². The van der Waals surface area contributed by atoms with Crippen molar-refractivity contribution in [2.24, 2.45) is 0 Å². The van der Waals surface area contributed by atoms with E-state index in [-0.39, 0.29) is 18.2 Å². The lowest BCUT2D eigenvalue weighted by Gasteiger charge is -2.44. The van der Waals surface area contributed by atoms with Crippen molar-refractivity contribution in [3.63, 3.8) is 0 Å². The van der Waals surface area contributed by atoms with E-state index in [1.165, 1.54) is 24.3 Å². The molecule has 0 saturated heterocycles. The lowest BCUT2D eigenvalue weighted by Crippen LogP contribution is -2.50. The summed E-state index contributed by atoms with van der Waals surface area (Å²) in [5.74, 6) is 0.167. The van der Waals surface area contributed by atoms with E-state index < -0.39 is 17.8 Å². The number of anilines is 1. The molecular weight excluding hydrogens is 484 g/mol. The SMILES string of the molecule is CC1(C)Oc2ccc(NCc3ccc(F)cc3)cc2C(OCc2ccccc2)C1OCc1cccc(F)c1. The molecule has 196 valence electrons. The lowest BCUT2D eigenvalue weighted by atomic mass is 9.87. The Bertz CT molecular complexity index is 1360. The molecule has 0 aromatic heterocycles. The average molecular weight is 516 g/mol. The normalized spacial score (nSPS) is 17.9. The van der Waals surface area contributed by atoms with Gasteiger partial charge in [-0.25, -0.2) is 8.78 Å². The van der Waals surface area contributed by atoms with Crippen molar-refractivity contribution in [2.75, 3.05) is 5.32 Å². The topological polar surface area (TPSA) is 39.7 Å². The second-order valence-electron chi connectivity index (χ2n) is 10.0. The minimum Gasteiger partial charge on any atom is -0.485 e. The molecule has 38 heavy (non-hydrogen) atoms. The van der Waals surface area contributed by atoms with Crippen molar-refractivity contribution in [3.8, 4) is 5.75 Å². The Kier molecular flexibility index (Phi) is 7.72. The van der Waals surface area contributed by atoms with E-state index in [1.54, 1.807) is 18.2 Å². The van der Waals surface area contributed by atoms with E-state index >= 15 is 0 Å². The highest BCUT2D eigenvalue weighted by Crippen LogP contribution is 2.45. The third kappa shape index (κ3) is 6.21. The summed E-state index contributed by atoms with van der Waals surface area (Å²) in [6.45, 7) is 5.12.